The van der Waals surface area contributed by atoms with Crippen LogP contribution in [0.15, 0.2) is 35.3 Å². The molecule has 0 unspecified atom stereocenters. The van der Waals surface area contributed by atoms with Crippen LogP contribution in [-0.2, 0) is 14.9 Å². The molecule has 0 aromatic heterocycles. The van der Waals surface area contributed by atoms with E-state index in [1.54, 1.807) is 14.2 Å². The number of nitrogens with zero attached hydrogens (tertiary/aromatic N) is 1. The minimum Gasteiger partial charge on any atom is -0.382 e. The zero-order chi connectivity index (χ0) is 17.7. The van der Waals surface area contributed by atoms with Crippen LogP contribution in [0.1, 0.15) is 32.3 Å². The lowest BCUT2D eigenvalue weighted by molar-refractivity contribution is 0.0689. The third-order valence-electron chi connectivity index (χ3n) is 3.92. The number of rotatable bonds is 11. The number of guanidine groups is 1. The molecule has 0 saturated heterocycles. The van der Waals surface area contributed by atoms with E-state index in [-0.39, 0.29) is 5.41 Å². The van der Waals surface area contributed by atoms with Crippen LogP contribution in [0.3, 0.4) is 0 Å². The molecule has 1 aromatic carbocycles. The maximum absolute atomic E-state index is 5.45. The average molecular weight is 335 g/mol. The minimum atomic E-state index is 0.0497. The van der Waals surface area contributed by atoms with Gasteiger partial charge in [0.05, 0.1) is 13.2 Å². The molecule has 2 N–H and O–H groups in total. The fourth-order valence-electron chi connectivity index (χ4n) is 2.30. The van der Waals surface area contributed by atoms with E-state index < -0.39 is 0 Å². The van der Waals surface area contributed by atoms with Crippen molar-refractivity contribution in [2.75, 3.05) is 47.1 Å². The van der Waals surface area contributed by atoms with Gasteiger partial charge in [0.15, 0.2) is 5.96 Å². The summed E-state index contributed by atoms with van der Waals surface area (Å²) in [5, 5.41) is 6.77. The van der Waals surface area contributed by atoms with Gasteiger partial charge in [0.1, 0.15) is 0 Å². The Hall–Kier alpha value is -1.59. The van der Waals surface area contributed by atoms with Crippen LogP contribution in [-0.4, -0.2) is 53.0 Å². The second-order valence-corrected chi connectivity index (χ2v) is 6.41. The van der Waals surface area contributed by atoms with Gasteiger partial charge in [0.25, 0.3) is 0 Å². The van der Waals surface area contributed by atoms with Crippen LogP contribution < -0.4 is 10.6 Å². The van der Waals surface area contributed by atoms with E-state index in [0.29, 0.717) is 13.2 Å². The van der Waals surface area contributed by atoms with Crippen LogP contribution in [0.2, 0.25) is 0 Å². The summed E-state index contributed by atoms with van der Waals surface area (Å²) in [6, 6.07) is 10.5. The molecule has 0 atom stereocenters. The maximum Gasteiger partial charge on any atom is 0.191 e. The van der Waals surface area contributed by atoms with Gasteiger partial charge in [-0.05, 0) is 18.4 Å². The predicted molar refractivity (Wildman–Crippen MR) is 101 cm³/mol. The van der Waals surface area contributed by atoms with Crippen LogP contribution >= 0.6 is 0 Å². The first-order valence-corrected chi connectivity index (χ1v) is 8.67. The van der Waals surface area contributed by atoms with E-state index >= 15 is 0 Å². The van der Waals surface area contributed by atoms with Gasteiger partial charge in [-0.25, -0.2) is 0 Å². The minimum absolute atomic E-state index is 0.0497. The van der Waals surface area contributed by atoms with Crippen molar-refractivity contribution in [1.82, 2.24) is 10.6 Å². The smallest absolute Gasteiger partial charge is 0.191 e. The predicted octanol–water partition coefficient (Wildman–Crippen LogP) is 2.57. The molecule has 136 valence electrons. The molecule has 0 bridgehead atoms. The molecule has 1 aromatic rings. The van der Waals surface area contributed by atoms with Crippen molar-refractivity contribution in [2.45, 2.75) is 32.1 Å². The van der Waals surface area contributed by atoms with Gasteiger partial charge in [-0.1, -0.05) is 44.2 Å². The third kappa shape index (κ3) is 8.31. The topological polar surface area (TPSA) is 54.9 Å². The number of hydrogen-bond donors (Lipinski definition) is 2. The fraction of sp³-hybridized carbons (Fsp3) is 0.632. The summed E-state index contributed by atoms with van der Waals surface area (Å²) in [6.45, 7) is 8.29. The summed E-state index contributed by atoms with van der Waals surface area (Å²) in [7, 11) is 3.49. The Morgan fingerprint density at radius 2 is 1.79 bits per heavy atom. The zero-order valence-corrected chi connectivity index (χ0v) is 15.6. The van der Waals surface area contributed by atoms with Crippen LogP contribution in [0.5, 0.6) is 0 Å². The molecule has 0 spiro atoms. The Labute approximate surface area is 146 Å². The quantitative estimate of drug-likeness (QED) is 0.371. The fourth-order valence-corrected chi connectivity index (χ4v) is 2.30. The van der Waals surface area contributed by atoms with Crippen molar-refractivity contribution in [3.63, 3.8) is 0 Å². The van der Waals surface area contributed by atoms with Crippen LogP contribution in [0, 0.1) is 0 Å². The molecule has 1 rings (SSSR count). The SMILES string of the molecule is CN=C(NCCCCOCCOC)NCC(C)(C)c1ccccc1. The van der Waals surface area contributed by atoms with Gasteiger partial charge in [-0.3, -0.25) is 4.99 Å². The van der Waals surface area contributed by atoms with Gasteiger partial charge in [-0.15, -0.1) is 0 Å². The monoisotopic (exact) mass is 335 g/mol. The van der Waals surface area contributed by atoms with Crippen molar-refractivity contribution in [3.8, 4) is 0 Å². The van der Waals surface area contributed by atoms with E-state index in [1.165, 1.54) is 5.56 Å². The molecular weight excluding hydrogens is 302 g/mol. The van der Waals surface area contributed by atoms with Gasteiger partial charge >= 0.3 is 0 Å². The van der Waals surface area contributed by atoms with Crippen molar-refractivity contribution < 1.29 is 9.47 Å². The van der Waals surface area contributed by atoms with Crippen molar-refractivity contribution in [2.24, 2.45) is 4.99 Å². The number of benzene rings is 1. The summed E-state index contributed by atoms with van der Waals surface area (Å²) in [4.78, 5) is 4.29. The molecule has 0 fully saturated rings. The Kier molecular flexibility index (Phi) is 10.1. The first-order valence-electron chi connectivity index (χ1n) is 8.67. The summed E-state index contributed by atoms with van der Waals surface area (Å²) in [5.41, 5.74) is 1.37. The van der Waals surface area contributed by atoms with Gasteiger partial charge < -0.3 is 20.1 Å². The molecule has 5 heteroatoms. The Morgan fingerprint density at radius 3 is 2.46 bits per heavy atom. The highest BCUT2D eigenvalue weighted by Crippen LogP contribution is 2.21. The summed E-state index contributed by atoms with van der Waals surface area (Å²) < 4.78 is 10.4. The lowest BCUT2D eigenvalue weighted by atomic mass is 9.85. The third-order valence-corrected chi connectivity index (χ3v) is 3.92. The Morgan fingerprint density at radius 1 is 1.04 bits per heavy atom. The second kappa shape index (κ2) is 11.9. The number of ether oxygens (including phenoxy) is 2. The van der Waals surface area contributed by atoms with E-state index in [4.69, 9.17) is 9.47 Å². The lowest BCUT2D eigenvalue weighted by Gasteiger charge is -2.26. The number of methoxy groups -OCH3 is 1. The average Bonchev–Trinajstić information content (AvgIpc) is 2.60. The molecule has 0 saturated carbocycles. The first-order chi connectivity index (χ1) is 11.6. The summed E-state index contributed by atoms with van der Waals surface area (Å²) in [6.07, 6.45) is 2.08. The summed E-state index contributed by atoms with van der Waals surface area (Å²) >= 11 is 0. The van der Waals surface area contributed by atoms with Crippen molar-refractivity contribution in [3.05, 3.63) is 35.9 Å². The number of aliphatic imine (C=N–C) groups is 1. The molecule has 0 aliphatic carbocycles. The maximum atomic E-state index is 5.45. The van der Waals surface area contributed by atoms with Crippen LogP contribution in [0.4, 0.5) is 0 Å². The van der Waals surface area contributed by atoms with E-state index in [1.807, 2.05) is 6.07 Å². The van der Waals surface area contributed by atoms with Gasteiger partial charge in [-0.2, -0.15) is 0 Å². The Balaban J connectivity index is 2.21. The molecule has 0 aliphatic heterocycles. The zero-order valence-electron chi connectivity index (χ0n) is 15.6. The normalized spacial score (nSPS) is 12.2. The number of hydrogen-bond acceptors (Lipinski definition) is 3. The second-order valence-electron chi connectivity index (χ2n) is 6.41. The lowest BCUT2D eigenvalue weighted by Crippen LogP contribution is -2.43. The molecule has 0 heterocycles. The molecular formula is C19H33N3O2. The molecule has 0 amide bonds. The highest BCUT2D eigenvalue weighted by Gasteiger charge is 2.20. The van der Waals surface area contributed by atoms with Gasteiger partial charge in [0, 0.05) is 39.3 Å². The van der Waals surface area contributed by atoms with E-state index in [0.717, 1.165) is 38.5 Å². The molecule has 5 nitrogen and oxygen atoms in total. The summed E-state index contributed by atoms with van der Waals surface area (Å²) in [5.74, 6) is 0.847. The highest BCUT2D eigenvalue weighted by atomic mass is 16.5. The van der Waals surface area contributed by atoms with E-state index in [9.17, 15) is 0 Å². The van der Waals surface area contributed by atoms with Crippen molar-refractivity contribution in [1.29, 1.82) is 0 Å². The highest BCUT2D eigenvalue weighted by molar-refractivity contribution is 5.79. The standard InChI is InChI=1S/C19H33N3O2/c1-19(2,17-10-6-5-7-11-17)16-22-18(20-3)21-12-8-9-13-24-15-14-23-4/h5-7,10-11H,8-9,12-16H2,1-4H3,(H2,20,21,22). The molecule has 24 heavy (non-hydrogen) atoms. The van der Waals surface area contributed by atoms with Gasteiger partial charge in [0.2, 0.25) is 0 Å². The van der Waals surface area contributed by atoms with Crippen molar-refractivity contribution >= 4 is 5.96 Å². The molecule has 0 radical (unpaired) electrons. The number of nitrogens with one attached hydrogen (secondary N) is 2. The number of unbranched alkanes of at least 4 members (excludes halogenated alkanes) is 1. The van der Waals surface area contributed by atoms with Crippen LogP contribution in [0.25, 0.3) is 0 Å². The first kappa shape index (κ1) is 20.5. The molecule has 0 aliphatic rings. The largest absolute Gasteiger partial charge is 0.382 e. The van der Waals surface area contributed by atoms with E-state index in [2.05, 4.69) is 53.7 Å². The Bertz CT molecular complexity index is 461.